The molecule has 0 saturated carbocycles. The Kier molecular flexibility index (Phi) is 5.15. The number of aromatic nitrogens is 1. The Morgan fingerprint density at radius 2 is 1.90 bits per heavy atom. The van der Waals surface area contributed by atoms with Crippen molar-refractivity contribution in [3.8, 4) is 0 Å². The van der Waals surface area contributed by atoms with Gasteiger partial charge in [-0.15, -0.1) is 0 Å². The molecular formula is C23H32N4O2. The molecule has 156 valence electrons. The van der Waals surface area contributed by atoms with E-state index in [4.69, 9.17) is 0 Å². The largest absolute Gasteiger partial charge is 0.357 e. The highest BCUT2D eigenvalue weighted by Crippen LogP contribution is 2.40. The summed E-state index contributed by atoms with van der Waals surface area (Å²) < 4.78 is 0. The molecule has 1 spiro atoms. The van der Waals surface area contributed by atoms with Crippen LogP contribution in [0.15, 0.2) is 24.3 Å². The molecule has 0 aliphatic carbocycles. The van der Waals surface area contributed by atoms with Crippen LogP contribution in [0.25, 0.3) is 10.9 Å². The zero-order valence-corrected chi connectivity index (χ0v) is 17.7. The Labute approximate surface area is 172 Å². The SMILES string of the molecule is CC(C)(C)CC(=O)NCC(=O)N1CCC2(CC1)NCCc1c2[nH]c2ccccc12. The van der Waals surface area contributed by atoms with Crippen LogP contribution in [0.2, 0.25) is 0 Å². The lowest BCUT2D eigenvalue weighted by Crippen LogP contribution is -2.56. The van der Waals surface area contributed by atoms with Crippen LogP contribution in [0.4, 0.5) is 0 Å². The molecule has 1 aromatic heterocycles. The van der Waals surface area contributed by atoms with Crippen LogP contribution < -0.4 is 10.6 Å². The number of piperidine rings is 1. The van der Waals surface area contributed by atoms with E-state index in [1.54, 1.807) is 0 Å². The van der Waals surface area contributed by atoms with Gasteiger partial charge in [-0.3, -0.25) is 9.59 Å². The van der Waals surface area contributed by atoms with Crippen molar-refractivity contribution < 1.29 is 9.59 Å². The van der Waals surface area contributed by atoms with E-state index in [1.807, 2.05) is 25.7 Å². The maximum atomic E-state index is 12.6. The molecule has 0 atom stereocenters. The lowest BCUT2D eigenvalue weighted by atomic mass is 9.79. The summed E-state index contributed by atoms with van der Waals surface area (Å²) in [6, 6.07) is 8.50. The first-order chi connectivity index (χ1) is 13.8. The van der Waals surface area contributed by atoms with Crippen LogP contribution in [0, 0.1) is 5.41 Å². The molecule has 0 radical (unpaired) electrons. The van der Waals surface area contributed by atoms with Crippen molar-refractivity contribution in [2.75, 3.05) is 26.2 Å². The number of benzene rings is 1. The number of hydrogen-bond acceptors (Lipinski definition) is 3. The zero-order chi connectivity index (χ0) is 20.6. The third-order valence-corrected chi connectivity index (χ3v) is 6.23. The van der Waals surface area contributed by atoms with Gasteiger partial charge in [-0.2, -0.15) is 0 Å². The predicted octanol–water partition coefficient (Wildman–Crippen LogP) is 2.68. The highest BCUT2D eigenvalue weighted by atomic mass is 16.2. The molecular weight excluding hydrogens is 364 g/mol. The summed E-state index contributed by atoms with van der Waals surface area (Å²) in [6.07, 6.45) is 3.23. The fourth-order valence-corrected chi connectivity index (χ4v) is 4.78. The lowest BCUT2D eigenvalue weighted by Gasteiger charge is -2.44. The van der Waals surface area contributed by atoms with Crippen molar-refractivity contribution in [3.63, 3.8) is 0 Å². The normalized spacial score (nSPS) is 18.7. The van der Waals surface area contributed by atoms with E-state index in [-0.39, 0.29) is 29.3 Å². The van der Waals surface area contributed by atoms with Gasteiger partial charge in [0.25, 0.3) is 0 Å². The number of rotatable bonds is 3. The lowest BCUT2D eigenvalue weighted by molar-refractivity contribution is -0.134. The summed E-state index contributed by atoms with van der Waals surface area (Å²) in [5.74, 6) is -0.0502. The number of para-hydroxylation sites is 1. The van der Waals surface area contributed by atoms with Gasteiger partial charge in [0.15, 0.2) is 0 Å². The van der Waals surface area contributed by atoms with Gasteiger partial charge in [0.05, 0.1) is 12.1 Å². The number of amides is 2. The third kappa shape index (κ3) is 4.04. The highest BCUT2D eigenvalue weighted by Gasteiger charge is 2.41. The zero-order valence-electron chi connectivity index (χ0n) is 17.7. The number of fused-ring (bicyclic) bond motifs is 4. The van der Waals surface area contributed by atoms with Gasteiger partial charge in [-0.1, -0.05) is 39.0 Å². The molecule has 6 nitrogen and oxygen atoms in total. The van der Waals surface area contributed by atoms with E-state index in [9.17, 15) is 9.59 Å². The average Bonchev–Trinajstić information content (AvgIpc) is 3.06. The number of hydrogen-bond donors (Lipinski definition) is 3. The van der Waals surface area contributed by atoms with Crippen LogP contribution in [0.5, 0.6) is 0 Å². The number of nitrogens with zero attached hydrogens (tertiary/aromatic N) is 1. The maximum Gasteiger partial charge on any atom is 0.241 e. The Hall–Kier alpha value is -2.34. The standard InChI is InChI=1S/C23H32N4O2/c1-22(2,3)14-19(28)24-15-20(29)27-12-9-23(10-13-27)21-17(8-11-25-23)16-6-4-5-7-18(16)26-21/h4-7,25-26H,8-15H2,1-3H3,(H,24,28). The Bertz CT molecular complexity index is 917. The first-order valence-corrected chi connectivity index (χ1v) is 10.7. The number of likely N-dealkylation sites (tertiary alicyclic amines) is 1. The van der Waals surface area contributed by atoms with Gasteiger partial charge in [-0.05, 0) is 36.3 Å². The summed E-state index contributed by atoms with van der Waals surface area (Å²) in [4.78, 5) is 30.2. The highest BCUT2D eigenvalue weighted by molar-refractivity contribution is 5.86. The van der Waals surface area contributed by atoms with Gasteiger partial charge < -0.3 is 20.5 Å². The monoisotopic (exact) mass is 396 g/mol. The smallest absolute Gasteiger partial charge is 0.241 e. The second-order valence-electron chi connectivity index (χ2n) is 9.68. The Morgan fingerprint density at radius 3 is 2.62 bits per heavy atom. The molecule has 29 heavy (non-hydrogen) atoms. The van der Waals surface area contributed by atoms with Crippen LogP contribution in [-0.2, 0) is 21.5 Å². The van der Waals surface area contributed by atoms with Gasteiger partial charge in [0.2, 0.25) is 11.8 Å². The van der Waals surface area contributed by atoms with Crippen molar-refractivity contribution in [2.45, 2.75) is 52.0 Å². The summed E-state index contributed by atoms with van der Waals surface area (Å²) in [7, 11) is 0. The first kappa shape index (κ1) is 20.0. The molecule has 2 aliphatic rings. The van der Waals surface area contributed by atoms with E-state index >= 15 is 0 Å². The molecule has 1 saturated heterocycles. The maximum absolute atomic E-state index is 12.6. The summed E-state index contributed by atoms with van der Waals surface area (Å²) >= 11 is 0. The van der Waals surface area contributed by atoms with E-state index in [1.165, 1.54) is 22.2 Å². The Balaban J connectivity index is 1.40. The van der Waals surface area contributed by atoms with Crippen molar-refractivity contribution in [2.24, 2.45) is 5.41 Å². The fourth-order valence-electron chi connectivity index (χ4n) is 4.78. The molecule has 0 bridgehead atoms. The van der Waals surface area contributed by atoms with Crippen LogP contribution in [0.3, 0.4) is 0 Å². The predicted molar refractivity (Wildman–Crippen MR) is 115 cm³/mol. The molecule has 1 fully saturated rings. The first-order valence-electron chi connectivity index (χ1n) is 10.7. The minimum absolute atomic E-state index is 0.00906. The van der Waals surface area contributed by atoms with Crippen LogP contribution in [-0.4, -0.2) is 47.9 Å². The second kappa shape index (κ2) is 7.48. The number of carbonyl (C=O) groups excluding carboxylic acids is 2. The van der Waals surface area contributed by atoms with Crippen LogP contribution >= 0.6 is 0 Å². The molecule has 2 aromatic rings. The van der Waals surface area contributed by atoms with Gasteiger partial charge >= 0.3 is 0 Å². The van der Waals surface area contributed by atoms with Crippen molar-refractivity contribution in [1.29, 1.82) is 0 Å². The van der Waals surface area contributed by atoms with Crippen molar-refractivity contribution in [1.82, 2.24) is 20.5 Å². The quantitative estimate of drug-likeness (QED) is 0.747. The summed E-state index contributed by atoms with van der Waals surface area (Å²) in [5.41, 5.74) is 3.76. The molecule has 2 aliphatic heterocycles. The molecule has 1 aromatic carbocycles. The van der Waals surface area contributed by atoms with Crippen molar-refractivity contribution in [3.05, 3.63) is 35.5 Å². The topological polar surface area (TPSA) is 77.2 Å². The van der Waals surface area contributed by atoms with E-state index in [0.29, 0.717) is 19.5 Å². The molecule has 2 amide bonds. The van der Waals surface area contributed by atoms with Gasteiger partial charge in [0, 0.05) is 42.7 Å². The number of aromatic amines is 1. The van der Waals surface area contributed by atoms with E-state index < -0.39 is 0 Å². The summed E-state index contributed by atoms with van der Waals surface area (Å²) in [5, 5.41) is 7.86. The van der Waals surface area contributed by atoms with Crippen LogP contribution in [0.1, 0.15) is 51.3 Å². The van der Waals surface area contributed by atoms with E-state index in [0.717, 1.165) is 25.8 Å². The number of carbonyl (C=O) groups is 2. The Morgan fingerprint density at radius 1 is 1.17 bits per heavy atom. The molecule has 6 heteroatoms. The molecule has 3 N–H and O–H groups in total. The van der Waals surface area contributed by atoms with Gasteiger partial charge in [0.1, 0.15) is 0 Å². The number of nitrogens with one attached hydrogen (secondary N) is 3. The minimum Gasteiger partial charge on any atom is -0.357 e. The van der Waals surface area contributed by atoms with Gasteiger partial charge in [-0.25, -0.2) is 0 Å². The minimum atomic E-state index is -0.0845. The second-order valence-corrected chi connectivity index (χ2v) is 9.68. The molecule has 3 heterocycles. The average molecular weight is 397 g/mol. The van der Waals surface area contributed by atoms with E-state index in [2.05, 4.69) is 39.9 Å². The van der Waals surface area contributed by atoms with Crippen molar-refractivity contribution >= 4 is 22.7 Å². The third-order valence-electron chi connectivity index (χ3n) is 6.23. The molecule has 0 unspecified atom stereocenters. The number of H-pyrrole nitrogens is 1. The molecule has 4 rings (SSSR count). The fraction of sp³-hybridized carbons (Fsp3) is 0.565. The summed E-state index contributed by atoms with van der Waals surface area (Å²) in [6.45, 7) is 8.53.